The lowest BCUT2D eigenvalue weighted by Crippen LogP contribution is -2.11. The number of fused-ring (bicyclic) bond motifs is 6. The summed E-state index contributed by atoms with van der Waals surface area (Å²) in [5, 5.41) is 15.4. The summed E-state index contributed by atoms with van der Waals surface area (Å²) < 4.78 is 93.7. The maximum Gasteiger partial charge on any atom is 0.416 e. The maximum absolute atomic E-state index is 15.0. The topological polar surface area (TPSA) is 33.6 Å². The Kier molecular flexibility index (Phi) is 12.3. The Hall–Kier alpha value is -9.13. The van der Waals surface area contributed by atoms with Gasteiger partial charge in [-0.25, -0.2) is 0 Å². The van der Waals surface area contributed by atoms with Gasteiger partial charge < -0.3 is 9.13 Å². The molecule has 0 aliphatic rings. The summed E-state index contributed by atoms with van der Waals surface area (Å²) in [7, 11) is 0. The van der Waals surface area contributed by atoms with Crippen molar-refractivity contribution >= 4 is 43.6 Å². The summed E-state index contributed by atoms with van der Waals surface area (Å²) in [6, 6.07) is 57.4. The lowest BCUT2D eigenvalue weighted by atomic mass is 9.96. The minimum Gasteiger partial charge on any atom is -0.308 e. The number of aromatic nitrogens is 2. The van der Waals surface area contributed by atoms with Gasteiger partial charge in [0.05, 0.1) is 44.6 Å². The smallest absolute Gasteiger partial charge is 0.308 e. The molecule has 0 aliphatic heterocycles. The van der Waals surface area contributed by atoms with Gasteiger partial charge in [-0.15, -0.1) is 0 Å². The molecule has 2 heterocycles. The predicted molar refractivity (Wildman–Crippen MR) is 315 cm³/mol. The van der Waals surface area contributed by atoms with Crippen LogP contribution in [0.15, 0.2) is 176 Å². The zero-order chi connectivity index (χ0) is 56.3. The lowest BCUT2D eigenvalue weighted by molar-refractivity contribution is -0.143. The molecule has 0 saturated heterocycles. The highest BCUT2D eigenvalue weighted by molar-refractivity contribution is 6.13. The van der Waals surface area contributed by atoms with Gasteiger partial charge in [0.25, 0.3) is 0 Å². The molecule has 0 bridgehead atoms. The van der Waals surface area contributed by atoms with Crippen LogP contribution in [0, 0.1) is 66.7 Å². The van der Waals surface area contributed by atoms with Crippen LogP contribution in [0.2, 0.25) is 0 Å². The van der Waals surface area contributed by atoms with E-state index in [0.717, 1.165) is 123 Å². The molecule has 394 valence electrons. The molecule has 12 rings (SSSR count). The third-order valence-corrected chi connectivity index (χ3v) is 15.4. The highest BCUT2D eigenvalue weighted by Crippen LogP contribution is 2.46. The SMILES string of the molecule is Cc1cc(C)cc(-c2ccc3c4ccc(-c5cc(C)cc(C)c5)cc4n(-c4cc(-c5cc(C(F)(F)F)cc(C(F)(F)F)c5)cc(-n5c6cc(-c7cc(C)cc(C)c7)ccc6c6ccc(-c7cc(C)cc(C)c7)cc65)c4C#N)c3c2)c1. The van der Waals surface area contributed by atoms with Crippen molar-refractivity contribution in [2.75, 3.05) is 0 Å². The molecule has 0 N–H and O–H groups in total. The molecule has 9 heteroatoms. The molecule has 10 aromatic carbocycles. The van der Waals surface area contributed by atoms with Crippen LogP contribution in [0.4, 0.5) is 26.3 Å². The molecule has 3 nitrogen and oxygen atoms in total. The molecule has 0 saturated carbocycles. The van der Waals surface area contributed by atoms with E-state index in [1.165, 1.54) is 0 Å². The number of hydrogen-bond donors (Lipinski definition) is 0. The average Bonchev–Trinajstić information content (AvgIpc) is 4.07. The van der Waals surface area contributed by atoms with E-state index >= 15 is 0 Å². The Balaban J connectivity index is 1.27. The van der Waals surface area contributed by atoms with Crippen molar-refractivity contribution in [2.24, 2.45) is 0 Å². The molecule has 2 aromatic heterocycles. The van der Waals surface area contributed by atoms with Crippen LogP contribution in [0.5, 0.6) is 0 Å². The first-order valence-electron chi connectivity index (χ1n) is 26.5. The van der Waals surface area contributed by atoms with Crippen LogP contribution < -0.4 is 0 Å². The number of benzene rings is 10. The first-order valence-corrected chi connectivity index (χ1v) is 26.5. The van der Waals surface area contributed by atoms with E-state index in [9.17, 15) is 31.6 Å². The Morgan fingerprint density at radius 3 is 0.762 bits per heavy atom. The summed E-state index contributed by atoms with van der Waals surface area (Å²) in [6.45, 7) is 16.3. The lowest BCUT2D eigenvalue weighted by Gasteiger charge is -2.20. The second-order valence-corrected chi connectivity index (χ2v) is 21.9. The number of nitriles is 1. The number of rotatable bonds is 7. The van der Waals surface area contributed by atoms with Gasteiger partial charge in [0.15, 0.2) is 0 Å². The second-order valence-electron chi connectivity index (χ2n) is 21.9. The molecule has 0 radical (unpaired) electrons. The fraction of sp³-hybridized carbons (Fsp3) is 0.141. The van der Waals surface area contributed by atoms with Gasteiger partial charge in [-0.05, 0) is 166 Å². The molecule has 12 aromatic rings. The van der Waals surface area contributed by atoms with E-state index in [-0.39, 0.29) is 34.1 Å². The average molecular weight is 1060 g/mol. The third-order valence-electron chi connectivity index (χ3n) is 15.4. The van der Waals surface area contributed by atoms with Crippen molar-refractivity contribution in [3.05, 3.63) is 237 Å². The summed E-state index contributed by atoms with van der Waals surface area (Å²) in [5.74, 6) is 0. The van der Waals surface area contributed by atoms with E-state index < -0.39 is 23.5 Å². The Morgan fingerprint density at radius 2 is 0.525 bits per heavy atom. The Labute approximate surface area is 460 Å². The minimum absolute atomic E-state index is 0.0439. The number of halogens is 6. The van der Waals surface area contributed by atoms with E-state index in [1.54, 1.807) is 12.1 Å². The standard InChI is InChI=1S/C71H53F6N3/c1-39-17-40(2)22-51(21-39)47-9-13-59-60-14-10-48(52-23-41(3)18-42(4)24-52)32-65(60)79(64(59)31-47)68-35-56(55-29-57(70(72,73)74)37-58(30-55)71(75,76)77)36-69(63(68)38-78)80-66-33-49(53-25-43(5)19-44(6)26-53)11-15-61(66)62-16-12-50(34-67(62)80)54-27-45(7)20-46(8)28-54/h9-37H,1-8H3. The van der Waals surface area contributed by atoms with Crippen LogP contribution in [0.1, 0.15) is 61.2 Å². The maximum atomic E-state index is 15.0. The predicted octanol–water partition coefficient (Wildman–Crippen LogP) is 20.6. The largest absolute Gasteiger partial charge is 0.416 e. The third kappa shape index (κ3) is 9.28. The quantitative estimate of drug-likeness (QED) is 0.146. The molecule has 0 spiro atoms. The van der Waals surface area contributed by atoms with Crippen molar-refractivity contribution < 1.29 is 26.3 Å². The number of nitrogens with zero attached hydrogens (tertiary/aromatic N) is 3. The van der Waals surface area contributed by atoms with Crippen LogP contribution >= 0.6 is 0 Å². The van der Waals surface area contributed by atoms with Gasteiger partial charge in [0.2, 0.25) is 0 Å². The van der Waals surface area contributed by atoms with Crippen molar-refractivity contribution in [3.8, 4) is 73.1 Å². The van der Waals surface area contributed by atoms with E-state index in [2.05, 4.69) is 127 Å². The first kappa shape index (κ1) is 51.6. The fourth-order valence-electron chi connectivity index (χ4n) is 12.2. The van der Waals surface area contributed by atoms with Crippen LogP contribution in [0.25, 0.3) is 111 Å². The van der Waals surface area contributed by atoms with E-state index in [0.29, 0.717) is 22.1 Å². The molecule has 80 heavy (non-hydrogen) atoms. The zero-order valence-electron chi connectivity index (χ0n) is 45.4. The molecule has 0 unspecified atom stereocenters. The molecular formula is C71H53F6N3. The Bertz CT molecular complexity index is 4040. The first-order chi connectivity index (χ1) is 38.1. The van der Waals surface area contributed by atoms with Gasteiger partial charge >= 0.3 is 12.4 Å². The summed E-state index contributed by atoms with van der Waals surface area (Å²) in [6.07, 6.45) is -10.3. The van der Waals surface area contributed by atoms with Crippen molar-refractivity contribution in [2.45, 2.75) is 67.7 Å². The molecule has 0 aliphatic carbocycles. The summed E-state index contributed by atoms with van der Waals surface area (Å²) >= 11 is 0. The summed E-state index contributed by atoms with van der Waals surface area (Å²) in [4.78, 5) is 0. The second kappa shape index (κ2) is 19.1. The zero-order valence-corrected chi connectivity index (χ0v) is 45.4. The highest BCUT2D eigenvalue weighted by Gasteiger charge is 2.37. The van der Waals surface area contributed by atoms with Gasteiger partial charge in [-0.2, -0.15) is 31.6 Å². The van der Waals surface area contributed by atoms with E-state index in [4.69, 9.17) is 0 Å². The van der Waals surface area contributed by atoms with Gasteiger partial charge in [0.1, 0.15) is 11.6 Å². The van der Waals surface area contributed by atoms with Crippen molar-refractivity contribution in [1.82, 2.24) is 9.13 Å². The van der Waals surface area contributed by atoms with Crippen LogP contribution in [-0.2, 0) is 12.4 Å². The van der Waals surface area contributed by atoms with E-state index in [1.807, 2.05) is 88.8 Å². The van der Waals surface area contributed by atoms with Gasteiger partial charge in [-0.1, -0.05) is 166 Å². The monoisotopic (exact) mass is 1060 g/mol. The normalized spacial score (nSPS) is 12.1. The number of alkyl halides is 6. The molecule has 0 amide bonds. The van der Waals surface area contributed by atoms with Crippen LogP contribution in [-0.4, -0.2) is 9.13 Å². The molecule has 0 fully saturated rings. The molecule has 0 atom stereocenters. The highest BCUT2D eigenvalue weighted by atomic mass is 19.4. The fourth-order valence-corrected chi connectivity index (χ4v) is 12.2. The number of aryl methyl sites for hydroxylation is 8. The summed E-state index contributed by atoms with van der Waals surface area (Å²) in [5.41, 5.74) is 16.1. The Morgan fingerprint density at radius 1 is 0.287 bits per heavy atom. The van der Waals surface area contributed by atoms with Crippen LogP contribution in [0.3, 0.4) is 0 Å². The van der Waals surface area contributed by atoms with Crippen molar-refractivity contribution in [3.63, 3.8) is 0 Å². The number of hydrogen-bond acceptors (Lipinski definition) is 1. The van der Waals surface area contributed by atoms with Gasteiger partial charge in [0, 0.05) is 21.5 Å². The van der Waals surface area contributed by atoms with Gasteiger partial charge in [-0.3, -0.25) is 0 Å². The minimum atomic E-state index is -5.13. The molecular weight excluding hydrogens is 1010 g/mol. The van der Waals surface area contributed by atoms with Crippen molar-refractivity contribution in [1.29, 1.82) is 5.26 Å².